The monoisotopic (exact) mass is 333 g/mol. The lowest BCUT2D eigenvalue weighted by Crippen LogP contribution is -2.40. The van der Waals surface area contributed by atoms with E-state index in [2.05, 4.69) is 5.32 Å². The first-order chi connectivity index (χ1) is 11.5. The Kier molecular flexibility index (Phi) is 6.64. The highest BCUT2D eigenvalue weighted by Gasteiger charge is 2.29. The van der Waals surface area contributed by atoms with Gasteiger partial charge in [-0.1, -0.05) is 25.1 Å². The van der Waals surface area contributed by atoms with Crippen LogP contribution in [-0.4, -0.2) is 29.6 Å². The molecule has 24 heavy (non-hydrogen) atoms. The van der Waals surface area contributed by atoms with Crippen molar-refractivity contribution in [3.8, 4) is 5.75 Å². The number of hydrogen-bond donors (Lipinski definition) is 2. The molecule has 1 aliphatic rings. The zero-order chi connectivity index (χ0) is 17.5. The van der Waals surface area contributed by atoms with Gasteiger partial charge in [0.1, 0.15) is 11.9 Å². The van der Waals surface area contributed by atoms with E-state index in [1.165, 1.54) is 0 Å². The van der Waals surface area contributed by atoms with Crippen LogP contribution in [0.25, 0.3) is 0 Å². The van der Waals surface area contributed by atoms with Crippen LogP contribution in [0.5, 0.6) is 5.75 Å². The molecule has 1 amide bonds. The standard InChI is InChI=1S/C19H27NO4/c1-3-16(24-17-7-5-4-6-13(17)2)12-20-18(21)14-8-10-15(11-9-14)19(22)23/h4-7,14-16H,3,8-12H2,1-2H3,(H,20,21)(H,22,23). The van der Waals surface area contributed by atoms with Gasteiger partial charge in [-0.25, -0.2) is 0 Å². The van der Waals surface area contributed by atoms with E-state index in [4.69, 9.17) is 9.84 Å². The van der Waals surface area contributed by atoms with Crippen LogP contribution in [-0.2, 0) is 9.59 Å². The van der Waals surface area contributed by atoms with Crippen molar-refractivity contribution in [2.24, 2.45) is 11.8 Å². The zero-order valence-electron chi connectivity index (χ0n) is 14.5. The summed E-state index contributed by atoms with van der Waals surface area (Å²) < 4.78 is 5.99. The molecular formula is C19H27NO4. The molecule has 0 heterocycles. The average molecular weight is 333 g/mol. The fourth-order valence-electron chi connectivity index (χ4n) is 3.10. The Labute approximate surface area is 143 Å². The number of aliphatic carboxylic acids is 1. The Hall–Kier alpha value is -2.04. The van der Waals surface area contributed by atoms with Gasteiger partial charge < -0.3 is 15.2 Å². The first-order valence-corrected chi connectivity index (χ1v) is 8.74. The van der Waals surface area contributed by atoms with E-state index in [9.17, 15) is 9.59 Å². The lowest BCUT2D eigenvalue weighted by molar-refractivity contribution is -0.144. The molecule has 0 spiro atoms. The Morgan fingerprint density at radius 3 is 2.42 bits per heavy atom. The average Bonchev–Trinajstić information content (AvgIpc) is 2.60. The van der Waals surface area contributed by atoms with Crippen LogP contribution in [0, 0.1) is 18.8 Å². The van der Waals surface area contributed by atoms with Gasteiger partial charge in [0.05, 0.1) is 12.5 Å². The summed E-state index contributed by atoms with van der Waals surface area (Å²) in [5, 5.41) is 12.0. The van der Waals surface area contributed by atoms with E-state index in [1.807, 2.05) is 38.1 Å². The third kappa shape index (κ3) is 4.98. The molecule has 2 rings (SSSR count). The van der Waals surface area contributed by atoms with Gasteiger partial charge in [0, 0.05) is 5.92 Å². The van der Waals surface area contributed by atoms with Gasteiger partial charge in [0.15, 0.2) is 0 Å². The number of carboxylic acid groups (broad SMARTS) is 1. The van der Waals surface area contributed by atoms with Crippen LogP contribution in [0.2, 0.25) is 0 Å². The van der Waals surface area contributed by atoms with Crippen molar-refractivity contribution >= 4 is 11.9 Å². The summed E-state index contributed by atoms with van der Waals surface area (Å²) in [6, 6.07) is 7.85. The fourth-order valence-corrected chi connectivity index (χ4v) is 3.10. The lowest BCUT2D eigenvalue weighted by Gasteiger charge is -2.26. The number of amides is 1. The maximum Gasteiger partial charge on any atom is 0.306 e. The van der Waals surface area contributed by atoms with Crippen LogP contribution in [0.15, 0.2) is 24.3 Å². The Balaban J connectivity index is 1.79. The molecular weight excluding hydrogens is 306 g/mol. The molecule has 0 saturated heterocycles. The van der Waals surface area contributed by atoms with Crippen LogP contribution < -0.4 is 10.1 Å². The third-order valence-electron chi connectivity index (χ3n) is 4.79. The van der Waals surface area contributed by atoms with Crippen molar-refractivity contribution in [2.75, 3.05) is 6.54 Å². The van der Waals surface area contributed by atoms with Crippen molar-refractivity contribution in [3.63, 3.8) is 0 Å². The van der Waals surface area contributed by atoms with E-state index in [-0.39, 0.29) is 23.8 Å². The molecule has 0 radical (unpaired) electrons. The highest BCUT2D eigenvalue weighted by Crippen LogP contribution is 2.29. The minimum Gasteiger partial charge on any atom is -0.488 e. The maximum absolute atomic E-state index is 12.3. The molecule has 1 aromatic rings. The number of para-hydroxylation sites is 1. The summed E-state index contributed by atoms with van der Waals surface area (Å²) in [5.74, 6) is -0.240. The molecule has 1 saturated carbocycles. The van der Waals surface area contributed by atoms with Crippen molar-refractivity contribution in [1.82, 2.24) is 5.32 Å². The molecule has 1 aromatic carbocycles. The van der Waals surface area contributed by atoms with Gasteiger partial charge in [-0.15, -0.1) is 0 Å². The molecule has 2 N–H and O–H groups in total. The normalized spacial score (nSPS) is 21.8. The zero-order valence-corrected chi connectivity index (χ0v) is 14.5. The van der Waals surface area contributed by atoms with Gasteiger partial charge in [0.25, 0.3) is 0 Å². The SMILES string of the molecule is CCC(CNC(=O)C1CCC(C(=O)O)CC1)Oc1ccccc1C. The number of ether oxygens (including phenoxy) is 1. The lowest BCUT2D eigenvalue weighted by atomic mass is 9.81. The molecule has 0 aliphatic heterocycles. The van der Waals surface area contributed by atoms with Crippen LogP contribution >= 0.6 is 0 Å². The summed E-state index contributed by atoms with van der Waals surface area (Å²) in [7, 11) is 0. The van der Waals surface area contributed by atoms with Gasteiger partial charge in [-0.3, -0.25) is 9.59 Å². The maximum atomic E-state index is 12.3. The molecule has 1 aliphatic carbocycles. The second-order valence-electron chi connectivity index (χ2n) is 6.55. The van der Waals surface area contributed by atoms with Gasteiger partial charge in [0.2, 0.25) is 5.91 Å². The Bertz CT molecular complexity index is 564. The van der Waals surface area contributed by atoms with Gasteiger partial charge >= 0.3 is 5.97 Å². The van der Waals surface area contributed by atoms with E-state index in [0.29, 0.717) is 32.2 Å². The first kappa shape index (κ1) is 18.3. The molecule has 5 nitrogen and oxygen atoms in total. The second-order valence-corrected chi connectivity index (χ2v) is 6.55. The van der Waals surface area contributed by atoms with Crippen LogP contribution in [0.4, 0.5) is 0 Å². The number of nitrogens with one attached hydrogen (secondary N) is 1. The summed E-state index contributed by atoms with van der Waals surface area (Å²) in [6.45, 7) is 4.51. The minimum absolute atomic E-state index is 0.0191. The molecule has 5 heteroatoms. The number of carboxylic acids is 1. The van der Waals surface area contributed by atoms with Gasteiger partial charge in [-0.2, -0.15) is 0 Å². The van der Waals surface area contributed by atoms with Crippen molar-refractivity contribution in [2.45, 2.75) is 52.1 Å². The van der Waals surface area contributed by atoms with Gasteiger partial charge in [-0.05, 0) is 50.7 Å². The van der Waals surface area contributed by atoms with Crippen LogP contribution in [0.1, 0.15) is 44.6 Å². The first-order valence-electron chi connectivity index (χ1n) is 8.74. The number of benzene rings is 1. The Morgan fingerprint density at radius 1 is 1.21 bits per heavy atom. The summed E-state index contributed by atoms with van der Waals surface area (Å²) in [4.78, 5) is 23.3. The quantitative estimate of drug-likeness (QED) is 0.804. The van der Waals surface area contributed by atoms with Crippen LogP contribution in [0.3, 0.4) is 0 Å². The van der Waals surface area contributed by atoms with Crippen molar-refractivity contribution in [1.29, 1.82) is 0 Å². The van der Waals surface area contributed by atoms with Crippen molar-refractivity contribution in [3.05, 3.63) is 29.8 Å². The predicted molar refractivity (Wildman–Crippen MR) is 92.0 cm³/mol. The van der Waals surface area contributed by atoms with E-state index < -0.39 is 5.97 Å². The second kappa shape index (κ2) is 8.71. The Morgan fingerprint density at radius 2 is 1.83 bits per heavy atom. The molecule has 1 fully saturated rings. The summed E-state index contributed by atoms with van der Waals surface area (Å²) >= 11 is 0. The molecule has 1 atom stereocenters. The highest BCUT2D eigenvalue weighted by atomic mass is 16.5. The minimum atomic E-state index is -0.744. The predicted octanol–water partition coefficient (Wildman–Crippen LogP) is 3.16. The fraction of sp³-hybridized carbons (Fsp3) is 0.579. The number of carbonyl (C=O) groups excluding carboxylic acids is 1. The smallest absolute Gasteiger partial charge is 0.306 e. The largest absolute Gasteiger partial charge is 0.488 e. The van der Waals surface area contributed by atoms with Crippen molar-refractivity contribution < 1.29 is 19.4 Å². The molecule has 0 bridgehead atoms. The van der Waals surface area contributed by atoms with E-state index >= 15 is 0 Å². The molecule has 132 valence electrons. The topological polar surface area (TPSA) is 75.6 Å². The summed E-state index contributed by atoms with van der Waals surface area (Å²) in [6.07, 6.45) is 3.22. The number of carbonyl (C=O) groups is 2. The van der Waals surface area contributed by atoms with E-state index in [1.54, 1.807) is 0 Å². The number of rotatable bonds is 7. The van der Waals surface area contributed by atoms with E-state index in [0.717, 1.165) is 17.7 Å². The molecule has 1 unspecified atom stereocenters. The summed E-state index contributed by atoms with van der Waals surface area (Å²) in [5.41, 5.74) is 1.08. The molecule has 0 aromatic heterocycles. The highest BCUT2D eigenvalue weighted by molar-refractivity contribution is 5.79. The number of hydrogen-bond acceptors (Lipinski definition) is 3. The number of aryl methyl sites for hydroxylation is 1. The third-order valence-corrected chi connectivity index (χ3v) is 4.79.